The van der Waals surface area contributed by atoms with Crippen LogP contribution < -0.4 is 4.90 Å². The molecule has 5 aromatic carbocycles. The van der Waals surface area contributed by atoms with Gasteiger partial charge in [-0.3, -0.25) is 4.98 Å². The van der Waals surface area contributed by atoms with Crippen LogP contribution in [0.15, 0.2) is 138 Å². The van der Waals surface area contributed by atoms with Gasteiger partial charge in [-0.25, -0.2) is 0 Å². The van der Waals surface area contributed by atoms with E-state index in [4.69, 9.17) is 4.42 Å². The van der Waals surface area contributed by atoms with Crippen LogP contribution in [0, 0.1) is 0 Å². The molecule has 0 aliphatic carbocycles. The van der Waals surface area contributed by atoms with Gasteiger partial charge in [0.2, 0.25) is 0 Å². The molecule has 170 valence electrons. The van der Waals surface area contributed by atoms with Crippen molar-refractivity contribution in [2.45, 2.75) is 0 Å². The lowest BCUT2D eigenvalue weighted by Gasteiger charge is -2.26. The van der Waals surface area contributed by atoms with Gasteiger partial charge in [0.05, 0.1) is 0 Å². The maximum Gasteiger partial charge on any atom is 0.153 e. The van der Waals surface area contributed by atoms with Crippen molar-refractivity contribution in [3.8, 4) is 11.1 Å². The Kier molecular flexibility index (Phi) is 4.78. The van der Waals surface area contributed by atoms with Crippen LogP contribution in [0.4, 0.5) is 17.1 Å². The molecule has 3 nitrogen and oxygen atoms in total. The fourth-order valence-corrected chi connectivity index (χ4v) is 4.92. The highest BCUT2D eigenvalue weighted by Gasteiger charge is 2.16. The zero-order valence-electron chi connectivity index (χ0n) is 19.5. The molecule has 7 aromatic rings. The van der Waals surface area contributed by atoms with E-state index in [2.05, 4.69) is 119 Å². The Hall–Kier alpha value is -4.89. The first-order valence-corrected chi connectivity index (χ1v) is 12.1. The molecule has 3 heteroatoms. The third-order valence-electron chi connectivity index (χ3n) is 6.69. The standard InChI is InChI=1S/C33H22N2O/c1-2-7-23(8-3-1)25-12-15-27(16-13-25)35(28-17-14-24-9-4-5-10-26(24)21-28)29-18-19-30-32(22-29)36-31-11-6-20-34-33(30)31/h1-22H. The fourth-order valence-electron chi connectivity index (χ4n) is 4.92. The first kappa shape index (κ1) is 20.5. The summed E-state index contributed by atoms with van der Waals surface area (Å²) in [6.45, 7) is 0. The first-order chi connectivity index (χ1) is 17.8. The van der Waals surface area contributed by atoms with Crippen LogP contribution in [0.5, 0.6) is 0 Å². The molecular weight excluding hydrogens is 440 g/mol. The zero-order valence-corrected chi connectivity index (χ0v) is 19.5. The van der Waals surface area contributed by atoms with Crippen molar-refractivity contribution in [2.75, 3.05) is 4.90 Å². The molecule has 2 aromatic heterocycles. The van der Waals surface area contributed by atoms with Crippen LogP contribution >= 0.6 is 0 Å². The Bertz CT molecular complexity index is 1840. The van der Waals surface area contributed by atoms with E-state index in [0.717, 1.165) is 39.1 Å². The lowest BCUT2D eigenvalue weighted by atomic mass is 10.0. The molecule has 36 heavy (non-hydrogen) atoms. The number of fused-ring (bicyclic) bond motifs is 4. The number of hydrogen-bond acceptors (Lipinski definition) is 3. The molecule has 0 spiro atoms. The van der Waals surface area contributed by atoms with Crippen molar-refractivity contribution < 1.29 is 4.42 Å². The lowest BCUT2D eigenvalue weighted by molar-refractivity contribution is 0.668. The van der Waals surface area contributed by atoms with E-state index >= 15 is 0 Å². The van der Waals surface area contributed by atoms with E-state index in [1.807, 2.05) is 18.2 Å². The van der Waals surface area contributed by atoms with Gasteiger partial charge in [-0.1, -0.05) is 72.8 Å². The van der Waals surface area contributed by atoms with Crippen molar-refractivity contribution in [1.29, 1.82) is 0 Å². The minimum absolute atomic E-state index is 0.800. The summed E-state index contributed by atoms with van der Waals surface area (Å²) in [5, 5.41) is 3.45. The summed E-state index contributed by atoms with van der Waals surface area (Å²) in [4.78, 5) is 6.80. The van der Waals surface area contributed by atoms with Gasteiger partial charge in [-0.2, -0.15) is 0 Å². The quantitative estimate of drug-likeness (QED) is 0.261. The Labute approximate surface area is 208 Å². The third-order valence-corrected chi connectivity index (χ3v) is 6.69. The summed E-state index contributed by atoms with van der Waals surface area (Å²) in [6.07, 6.45) is 1.81. The van der Waals surface area contributed by atoms with Crippen LogP contribution in [-0.4, -0.2) is 4.98 Å². The van der Waals surface area contributed by atoms with Gasteiger partial charge in [0.25, 0.3) is 0 Å². The predicted molar refractivity (Wildman–Crippen MR) is 149 cm³/mol. The second kappa shape index (κ2) is 8.40. The monoisotopic (exact) mass is 462 g/mol. The third kappa shape index (κ3) is 3.50. The molecule has 0 radical (unpaired) electrons. The van der Waals surface area contributed by atoms with E-state index < -0.39 is 0 Å². The van der Waals surface area contributed by atoms with E-state index in [1.54, 1.807) is 6.20 Å². The molecule has 0 bridgehead atoms. The summed E-state index contributed by atoms with van der Waals surface area (Å²) < 4.78 is 6.17. The smallest absolute Gasteiger partial charge is 0.153 e. The molecule has 0 N–H and O–H groups in total. The van der Waals surface area contributed by atoms with Crippen molar-refractivity contribution >= 4 is 49.9 Å². The highest BCUT2D eigenvalue weighted by Crippen LogP contribution is 2.39. The van der Waals surface area contributed by atoms with Crippen LogP contribution in [0.2, 0.25) is 0 Å². The number of hydrogen-bond donors (Lipinski definition) is 0. The Morgan fingerprint density at radius 2 is 1.19 bits per heavy atom. The fraction of sp³-hybridized carbons (Fsp3) is 0. The van der Waals surface area contributed by atoms with Gasteiger partial charge in [-0.05, 0) is 70.4 Å². The molecule has 0 unspecified atom stereocenters. The van der Waals surface area contributed by atoms with Gasteiger partial charge < -0.3 is 9.32 Å². The average Bonchev–Trinajstić information content (AvgIpc) is 3.32. The second-order valence-corrected chi connectivity index (χ2v) is 8.91. The maximum atomic E-state index is 6.17. The van der Waals surface area contributed by atoms with Gasteiger partial charge in [0.1, 0.15) is 11.1 Å². The highest BCUT2D eigenvalue weighted by molar-refractivity contribution is 6.04. The molecule has 2 heterocycles. The summed E-state index contributed by atoms with van der Waals surface area (Å²) in [5.74, 6) is 0. The number of nitrogens with zero attached hydrogens (tertiary/aromatic N) is 2. The van der Waals surface area contributed by atoms with E-state index in [-0.39, 0.29) is 0 Å². The SMILES string of the molecule is c1ccc(-c2ccc(N(c3ccc4ccccc4c3)c3ccc4c(c3)oc3cccnc34)cc2)cc1. The van der Waals surface area contributed by atoms with Crippen molar-refractivity contribution in [3.63, 3.8) is 0 Å². The Morgan fingerprint density at radius 3 is 2.06 bits per heavy atom. The first-order valence-electron chi connectivity index (χ1n) is 12.1. The topological polar surface area (TPSA) is 29.3 Å². The predicted octanol–water partition coefficient (Wildman–Crippen LogP) is 9.27. The number of anilines is 3. The second-order valence-electron chi connectivity index (χ2n) is 8.91. The molecular formula is C33H22N2O. The number of benzene rings is 5. The number of aromatic nitrogens is 1. The molecule has 0 amide bonds. The molecule has 0 aliphatic heterocycles. The van der Waals surface area contributed by atoms with Crippen molar-refractivity contribution in [2.24, 2.45) is 0 Å². The molecule has 0 atom stereocenters. The summed E-state index contributed by atoms with van der Waals surface area (Å²) >= 11 is 0. The van der Waals surface area contributed by atoms with E-state index in [1.165, 1.54) is 21.9 Å². The van der Waals surface area contributed by atoms with Crippen molar-refractivity contribution in [1.82, 2.24) is 4.98 Å². The van der Waals surface area contributed by atoms with Gasteiger partial charge in [0.15, 0.2) is 5.58 Å². The average molecular weight is 463 g/mol. The van der Waals surface area contributed by atoms with Gasteiger partial charge in [0, 0.05) is 34.7 Å². The number of furan rings is 1. The summed E-state index contributed by atoms with van der Waals surface area (Å²) in [7, 11) is 0. The molecule has 0 saturated carbocycles. The van der Waals surface area contributed by atoms with Crippen LogP contribution in [0.1, 0.15) is 0 Å². The lowest BCUT2D eigenvalue weighted by Crippen LogP contribution is -2.09. The largest absolute Gasteiger partial charge is 0.454 e. The van der Waals surface area contributed by atoms with Crippen LogP contribution in [0.3, 0.4) is 0 Å². The van der Waals surface area contributed by atoms with Crippen LogP contribution in [-0.2, 0) is 0 Å². The molecule has 0 saturated heterocycles. The molecule has 0 fully saturated rings. The minimum Gasteiger partial charge on any atom is -0.454 e. The van der Waals surface area contributed by atoms with Crippen LogP contribution in [0.25, 0.3) is 44.0 Å². The molecule has 7 rings (SSSR count). The van der Waals surface area contributed by atoms with Crippen molar-refractivity contribution in [3.05, 3.63) is 134 Å². The normalized spacial score (nSPS) is 11.3. The Balaban J connectivity index is 1.39. The number of pyridine rings is 1. The number of rotatable bonds is 4. The summed E-state index contributed by atoms with van der Waals surface area (Å²) in [5.41, 5.74) is 8.12. The highest BCUT2D eigenvalue weighted by atomic mass is 16.3. The maximum absolute atomic E-state index is 6.17. The summed E-state index contributed by atoms with van der Waals surface area (Å²) in [6, 6.07) is 44.5. The minimum atomic E-state index is 0.800. The van der Waals surface area contributed by atoms with E-state index in [0.29, 0.717) is 0 Å². The zero-order chi connectivity index (χ0) is 23.9. The Morgan fingerprint density at radius 1 is 0.500 bits per heavy atom. The van der Waals surface area contributed by atoms with E-state index in [9.17, 15) is 0 Å². The van der Waals surface area contributed by atoms with Gasteiger partial charge in [-0.15, -0.1) is 0 Å². The van der Waals surface area contributed by atoms with Gasteiger partial charge >= 0.3 is 0 Å². The molecule has 0 aliphatic rings.